The zero-order valence-corrected chi connectivity index (χ0v) is 13.3. The molecule has 1 aliphatic rings. The monoisotopic (exact) mass is 333 g/mol. The van der Waals surface area contributed by atoms with E-state index in [-0.39, 0.29) is 18.1 Å². The second-order valence-corrected chi connectivity index (χ2v) is 7.83. The van der Waals surface area contributed by atoms with Crippen molar-refractivity contribution in [1.82, 2.24) is 15.0 Å². The van der Waals surface area contributed by atoms with Crippen LogP contribution in [0.5, 0.6) is 0 Å². The standard InChI is InChI=1S/C11H19N5O3S2/c1-13-21(18,19)6-5-14-10(17)8-9(12)16-11(20-8)15-7-3-2-4-7/h7,13H,2-6,12H2,1H3,(H,14,17)(H,15,16). The lowest BCUT2D eigenvalue weighted by atomic mass is 9.93. The Morgan fingerprint density at radius 3 is 2.76 bits per heavy atom. The molecule has 1 aliphatic carbocycles. The van der Waals surface area contributed by atoms with Crippen molar-refractivity contribution in [2.45, 2.75) is 25.3 Å². The van der Waals surface area contributed by atoms with Gasteiger partial charge in [0.05, 0.1) is 5.75 Å². The first-order chi connectivity index (χ1) is 9.91. The number of aromatic nitrogens is 1. The minimum atomic E-state index is -3.33. The number of anilines is 2. The van der Waals surface area contributed by atoms with Crippen LogP contribution in [0.4, 0.5) is 10.9 Å². The van der Waals surface area contributed by atoms with Crippen molar-refractivity contribution in [2.24, 2.45) is 0 Å². The Hall–Kier alpha value is -1.39. The molecule has 21 heavy (non-hydrogen) atoms. The summed E-state index contributed by atoms with van der Waals surface area (Å²) >= 11 is 1.18. The summed E-state index contributed by atoms with van der Waals surface area (Å²) in [5.74, 6) is -0.421. The number of nitrogens with two attached hydrogens (primary N) is 1. The minimum absolute atomic E-state index is 0.0186. The molecule has 2 rings (SSSR count). The molecular weight excluding hydrogens is 314 g/mol. The number of amides is 1. The Labute approximate surface area is 127 Å². The van der Waals surface area contributed by atoms with Crippen LogP contribution in [0.3, 0.4) is 0 Å². The predicted molar refractivity (Wildman–Crippen MR) is 83.0 cm³/mol. The fourth-order valence-corrected chi connectivity index (χ4v) is 3.22. The third-order valence-corrected chi connectivity index (χ3v) is 5.62. The number of nitrogen functional groups attached to an aromatic ring is 1. The maximum Gasteiger partial charge on any atom is 0.265 e. The number of sulfonamides is 1. The number of nitrogens with one attached hydrogen (secondary N) is 3. The molecule has 0 unspecified atom stereocenters. The Balaban J connectivity index is 1.89. The maximum atomic E-state index is 12.0. The molecule has 0 saturated heterocycles. The summed E-state index contributed by atoms with van der Waals surface area (Å²) in [6.07, 6.45) is 3.40. The van der Waals surface area contributed by atoms with Crippen LogP contribution in [0.25, 0.3) is 0 Å². The molecule has 1 saturated carbocycles. The van der Waals surface area contributed by atoms with Gasteiger partial charge in [-0.05, 0) is 26.3 Å². The second kappa shape index (κ2) is 6.58. The van der Waals surface area contributed by atoms with Crippen molar-refractivity contribution < 1.29 is 13.2 Å². The Morgan fingerprint density at radius 2 is 2.19 bits per heavy atom. The first-order valence-corrected chi connectivity index (χ1v) is 9.10. The minimum Gasteiger partial charge on any atom is -0.382 e. The van der Waals surface area contributed by atoms with E-state index in [9.17, 15) is 13.2 Å². The average Bonchev–Trinajstić information content (AvgIpc) is 2.75. The molecule has 5 N–H and O–H groups in total. The molecule has 0 aromatic carbocycles. The first-order valence-electron chi connectivity index (χ1n) is 6.63. The van der Waals surface area contributed by atoms with E-state index in [2.05, 4.69) is 20.3 Å². The summed E-state index contributed by atoms with van der Waals surface area (Å²) in [5, 5.41) is 6.38. The van der Waals surface area contributed by atoms with Gasteiger partial charge >= 0.3 is 0 Å². The van der Waals surface area contributed by atoms with Gasteiger partial charge in [-0.1, -0.05) is 11.3 Å². The number of nitrogens with zero attached hydrogens (tertiary/aromatic N) is 1. The van der Waals surface area contributed by atoms with Crippen molar-refractivity contribution >= 4 is 38.2 Å². The third kappa shape index (κ3) is 4.29. The first kappa shape index (κ1) is 16.0. The number of rotatable bonds is 7. The van der Waals surface area contributed by atoms with Gasteiger partial charge in [0.2, 0.25) is 10.0 Å². The second-order valence-electron chi connectivity index (χ2n) is 4.78. The van der Waals surface area contributed by atoms with Crippen molar-refractivity contribution in [3.63, 3.8) is 0 Å². The summed E-state index contributed by atoms with van der Waals surface area (Å²) in [7, 11) is -2.00. The van der Waals surface area contributed by atoms with Gasteiger partial charge < -0.3 is 16.4 Å². The van der Waals surface area contributed by atoms with Crippen LogP contribution < -0.4 is 21.1 Å². The Bertz CT molecular complexity index is 609. The zero-order chi connectivity index (χ0) is 15.5. The molecule has 1 fully saturated rings. The van der Waals surface area contributed by atoms with Gasteiger partial charge in [-0.15, -0.1) is 0 Å². The van der Waals surface area contributed by atoms with Gasteiger partial charge in [-0.3, -0.25) is 4.79 Å². The molecule has 1 heterocycles. The molecule has 118 valence electrons. The van der Waals surface area contributed by atoms with Crippen LogP contribution in [0.2, 0.25) is 0 Å². The van der Waals surface area contributed by atoms with E-state index in [1.165, 1.54) is 24.8 Å². The fourth-order valence-electron chi connectivity index (χ4n) is 1.76. The van der Waals surface area contributed by atoms with Gasteiger partial charge in [0.15, 0.2) is 5.13 Å². The fraction of sp³-hybridized carbons (Fsp3) is 0.636. The van der Waals surface area contributed by atoms with Gasteiger partial charge in [0, 0.05) is 12.6 Å². The van der Waals surface area contributed by atoms with E-state index < -0.39 is 15.9 Å². The highest BCUT2D eigenvalue weighted by Gasteiger charge is 2.21. The molecule has 1 amide bonds. The van der Waals surface area contributed by atoms with Crippen molar-refractivity contribution in [1.29, 1.82) is 0 Å². The summed E-state index contributed by atoms with van der Waals surface area (Å²) in [6, 6.07) is 0.409. The average molecular weight is 333 g/mol. The normalized spacial score (nSPS) is 15.5. The number of hydrogen-bond donors (Lipinski definition) is 4. The summed E-state index contributed by atoms with van der Waals surface area (Å²) in [5.41, 5.74) is 5.73. The van der Waals surface area contributed by atoms with Gasteiger partial charge in [0.25, 0.3) is 5.91 Å². The number of thiazole rings is 1. The number of hydrogen-bond acceptors (Lipinski definition) is 7. The highest BCUT2D eigenvalue weighted by Crippen LogP contribution is 2.29. The number of carbonyl (C=O) groups excluding carboxylic acids is 1. The molecule has 8 nitrogen and oxygen atoms in total. The Morgan fingerprint density at radius 1 is 1.48 bits per heavy atom. The van der Waals surface area contributed by atoms with Crippen LogP contribution in [0.1, 0.15) is 28.9 Å². The van der Waals surface area contributed by atoms with Gasteiger partial charge in [-0.25, -0.2) is 18.1 Å². The van der Waals surface area contributed by atoms with Crippen molar-refractivity contribution in [3.8, 4) is 0 Å². The molecule has 1 aromatic heterocycles. The molecule has 0 spiro atoms. The lowest BCUT2D eigenvalue weighted by Gasteiger charge is -2.25. The van der Waals surface area contributed by atoms with Crippen LogP contribution in [0.15, 0.2) is 0 Å². The van der Waals surface area contributed by atoms with Gasteiger partial charge in [-0.2, -0.15) is 0 Å². The van der Waals surface area contributed by atoms with Crippen LogP contribution >= 0.6 is 11.3 Å². The van der Waals surface area contributed by atoms with Crippen molar-refractivity contribution in [2.75, 3.05) is 30.4 Å². The predicted octanol–water partition coefficient (Wildman–Crippen LogP) is -0.0313. The largest absolute Gasteiger partial charge is 0.382 e. The number of carbonyl (C=O) groups is 1. The van der Waals surface area contributed by atoms with E-state index in [1.54, 1.807) is 0 Å². The molecular formula is C11H19N5O3S2. The van der Waals surface area contributed by atoms with E-state index in [0.717, 1.165) is 12.8 Å². The van der Waals surface area contributed by atoms with Crippen LogP contribution in [-0.4, -0.2) is 44.7 Å². The zero-order valence-electron chi connectivity index (χ0n) is 11.7. The van der Waals surface area contributed by atoms with Crippen molar-refractivity contribution in [3.05, 3.63) is 4.88 Å². The molecule has 0 atom stereocenters. The van der Waals surface area contributed by atoms with E-state index in [1.807, 2.05) is 0 Å². The topological polar surface area (TPSA) is 126 Å². The van der Waals surface area contributed by atoms with E-state index in [4.69, 9.17) is 5.73 Å². The summed E-state index contributed by atoms with van der Waals surface area (Å²) in [4.78, 5) is 16.4. The lowest BCUT2D eigenvalue weighted by Crippen LogP contribution is -2.32. The third-order valence-electron chi connectivity index (χ3n) is 3.26. The van der Waals surface area contributed by atoms with Gasteiger partial charge in [0.1, 0.15) is 10.7 Å². The maximum absolute atomic E-state index is 12.0. The quantitative estimate of drug-likeness (QED) is 0.555. The highest BCUT2D eigenvalue weighted by atomic mass is 32.2. The summed E-state index contributed by atoms with van der Waals surface area (Å²) < 4.78 is 24.7. The SMILES string of the molecule is CNS(=O)(=O)CCNC(=O)c1sc(NC2CCC2)nc1N. The van der Waals surface area contributed by atoms with Crippen LogP contribution in [-0.2, 0) is 10.0 Å². The smallest absolute Gasteiger partial charge is 0.265 e. The molecule has 10 heteroatoms. The van der Waals surface area contributed by atoms with Crippen LogP contribution in [0, 0.1) is 0 Å². The molecule has 1 aromatic rings. The lowest BCUT2D eigenvalue weighted by molar-refractivity contribution is 0.0961. The molecule has 0 bridgehead atoms. The van der Waals surface area contributed by atoms with E-state index in [0.29, 0.717) is 16.1 Å². The highest BCUT2D eigenvalue weighted by molar-refractivity contribution is 7.89. The summed E-state index contributed by atoms with van der Waals surface area (Å²) in [6.45, 7) is 0.0186. The Kier molecular flexibility index (Phi) is 5.01. The van der Waals surface area contributed by atoms with E-state index >= 15 is 0 Å². The molecule has 0 aliphatic heterocycles. The molecule has 0 radical (unpaired) electrons.